The van der Waals surface area contributed by atoms with Gasteiger partial charge in [0.25, 0.3) is 0 Å². The average molecular weight is 294 g/mol. The van der Waals surface area contributed by atoms with Gasteiger partial charge in [-0.05, 0) is 31.5 Å². The Morgan fingerprint density at radius 1 is 1.26 bits per heavy atom. The molecule has 0 aliphatic carbocycles. The fourth-order valence-corrected chi connectivity index (χ4v) is 3.08. The zero-order valence-corrected chi connectivity index (χ0v) is 10.7. The average Bonchev–Trinajstić information content (AvgIpc) is 2.86. The Bertz CT molecular complexity index is 572. The number of sulfonamides is 1. The summed E-state index contributed by atoms with van der Waals surface area (Å²) in [5.41, 5.74) is 0. The molecule has 4 nitrogen and oxygen atoms in total. The topological polar surface area (TPSA) is 58.2 Å². The highest BCUT2D eigenvalue weighted by atomic mass is 32.2. The largest absolute Gasteiger partial charge is 0.313 e. The summed E-state index contributed by atoms with van der Waals surface area (Å²) in [6.07, 6.45) is 1.74. The maximum Gasteiger partial charge on any atom is 0.243 e. The van der Waals surface area contributed by atoms with Crippen LogP contribution in [0, 0.1) is 17.5 Å². The van der Waals surface area contributed by atoms with Crippen LogP contribution in [0.2, 0.25) is 0 Å². The first-order chi connectivity index (χ1) is 8.92. The van der Waals surface area contributed by atoms with E-state index in [4.69, 9.17) is 0 Å². The van der Waals surface area contributed by atoms with Gasteiger partial charge in [-0.15, -0.1) is 0 Å². The van der Waals surface area contributed by atoms with Crippen LogP contribution in [0.5, 0.6) is 0 Å². The van der Waals surface area contributed by atoms with E-state index in [1.165, 1.54) is 0 Å². The predicted molar refractivity (Wildman–Crippen MR) is 62.5 cm³/mol. The number of nitrogens with one attached hydrogen (secondary N) is 2. The maximum atomic E-state index is 13.4. The van der Waals surface area contributed by atoms with E-state index in [0.717, 1.165) is 19.4 Å². The second kappa shape index (κ2) is 5.48. The van der Waals surface area contributed by atoms with Crippen molar-refractivity contribution in [3.8, 4) is 0 Å². The lowest BCUT2D eigenvalue weighted by Gasteiger charge is -2.12. The highest BCUT2D eigenvalue weighted by molar-refractivity contribution is 7.89. The lowest BCUT2D eigenvalue weighted by molar-refractivity contribution is 0.431. The molecule has 2 rings (SSSR count). The molecule has 0 unspecified atom stereocenters. The van der Waals surface area contributed by atoms with Gasteiger partial charge in [0.1, 0.15) is 4.90 Å². The molecule has 106 valence electrons. The number of hydrogen-bond donors (Lipinski definition) is 2. The third kappa shape index (κ3) is 3.07. The molecule has 0 spiro atoms. The molecule has 8 heteroatoms. The zero-order valence-electron chi connectivity index (χ0n) is 9.92. The molecule has 0 saturated carbocycles. The van der Waals surface area contributed by atoms with Crippen molar-refractivity contribution in [3.63, 3.8) is 0 Å². The van der Waals surface area contributed by atoms with Crippen molar-refractivity contribution in [2.75, 3.05) is 13.1 Å². The molecule has 1 aromatic rings. The molecule has 2 N–H and O–H groups in total. The molecule has 1 fully saturated rings. The van der Waals surface area contributed by atoms with Crippen molar-refractivity contribution < 1.29 is 21.6 Å². The smallest absolute Gasteiger partial charge is 0.243 e. The number of hydrogen-bond acceptors (Lipinski definition) is 3. The number of rotatable bonds is 4. The van der Waals surface area contributed by atoms with Gasteiger partial charge < -0.3 is 5.32 Å². The molecule has 1 atom stereocenters. The van der Waals surface area contributed by atoms with Crippen molar-refractivity contribution in [2.24, 2.45) is 0 Å². The van der Waals surface area contributed by atoms with Gasteiger partial charge >= 0.3 is 0 Å². The summed E-state index contributed by atoms with van der Waals surface area (Å²) >= 11 is 0. The van der Waals surface area contributed by atoms with Crippen molar-refractivity contribution in [2.45, 2.75) is 23.8 Å². The summed E-state index contributed by atoms with van der Waals surface area (Å²) < 4.78 is 65.0. The molecule has 1 heterocycles. The van der Waals surface area contributed by atoms with E-state index in [1.807, 2.05) is 0 Å². The van der Waals surface area contributed by atoms with Crippen molar-refractivity contribution >= 4 is 10.0 Å². The molecule has 1 aromatic carbocycles. The van der Waals surface area contributed by atoms with Crippen LogP contribution in [-0.2, 0) is 10.0 Å². The Kier molecular flexibility index (Phi) is 4.12. The van der Waals surface area contributed by atoms with Crippen LogP contribution in [0.3, 0.4) is 0 Å². The van der Waals surface area contributed by atoms with Gasteiger partial charge in [-0.25, -0.2) is 26.3 Å². The van der Waals surface area contributed by atoms with E-state index in [2.05, 4.69) is 10.0 Å². The summed E-state index contributed by atoms with van der Waals surface area (Å²) in [6.45, 7) is 0.882. The zero-order chi connectivity index (χ0) is 14.0. The second-order valence-electron chi connectivity index (χ2n) is 4.32. The van der Waals surface area contributed by atoms with Crippen LogP contribution in [0.4, 0.5) is 13.2 Å². The first-order valence-electron chi connectivity index (χ1n) is 5.78. The van der Waals surface area contributed by atoms with Gasteiger partial charge in [-0.3, -0.25) is 0 Å². The number of benzene rings is 1. The summed E-state index contributed by atoms with van der Waals surface area (Å²) in [4.78, 5) is -0.885. The minimum Gasteiger partial charge on any atom is -0.313 e. The number of halogens is 3. The fourth-order valence-electron chi connectivity index (χ4n) is 1.93. The fraction of sp³-hybridized carbons (Fsp3) is 0.455. The summed E-state index contributed by atoms with van der Waals surface area (Å²) in [6, 6.07) is 1.27. The van der Waals surface area contributed by atoms with Gasteiger partial charge in [-0.1, -0.05) is 0 Å². The Labute approximate surface area is 109 Å². The van der Waals surface area contributed by atoms with E-state index in [-0.39, 0.29) is 12.6 Å². The van der Waals surface area contributed by atoms with Crippen LogP contribution in [-0.4, -0.2) is 27.5 Å². The van der Waals surface area contributed by atoms with E-state index in [1.54, 1.807) is 0 Å². The normalized spacial score (nSPS) is 19.8. The minimum absolute atomic E-state index is 0.0249. The molecule has 1 aliphatic heterocycles. The molecular weight excluding hydrogens is 281 g/mol. The van der Waals surface area contributed by atoms with Crippen molar-refractivity contribution in [3.05, 3.63) is 29.6 Å². The first-order valence-corrected chi connectivity index (χ1v) is 7.26. The van der Waals surface area contributed by atoms with Gasteiger partial charge in [0.05, 0.1) is 0 Å². The molecule has 0 radical (unpaired) electrons. The van der Waals surface area contributed by atoms with Gasteiger partial charge in [0, 0.05) is 12.6 Å². The maximum absolute atomic E-state index is 13.4. The Balaban J connectivity index is 2.17. The van der Waals surface area contributed by atoms with E-state index in [0.29, 0.717) is 12.1 Å². The van der Waals surface area contributed by atoms with Crippen LogP contribution in [0.25, 0.3) is 0 Å². The quantitative estimate of drug-likeness (QED) is 0.819. The third-order valence-electron chi connectivity index (χ3n) is 2.97. The molecule has 1 saturated heterocycles. The first kappa shape index (κ1) is 14.3. The monoisotopic (exact) mass is 294 g/mol. The Morgan fingerprint density at radius 3 is 2.63 bits per heavy atom. The summed E-state index contributed by atoms with van der Waals surface area (Å²) in [5, 5.41) is 3.06. The van der Waals surface area contributed by atoms with Crippen LogP contribution >= 0.6 is 0 Å². The molecule has 1 aliphatic rings. The van der Waals surface area contributed by atoms with E-state index < -0.39 is 32.4 Å². The molecule has 0 aromatic heterocycles. The summed E-state index contributed by atoms with van der Waals surface area (Å²) in [5.74, 6) is -4.91. The SMILES string of the molecule is O=S(=O)(NC[C@H]1CCCN1)c1ccc(F)c(F)c1F. The Hall–Kier alpha value is -1.12. The van der Waals surface area contributed by atoms with Gasteiger partial charge in [-0.2, -0.15) is 0 Å². The Morgan fingerprint density at radius 2 is 2.00 bits per heavy atom. The van der Waals surface area contributed by atoms with Crippen molar-refractivity contribution in [1.82, 2.24) is 10.0 Å². The predicted octanol–water partition coefficient (Wildman–Crippen LogP) is 1.13. The second-order valence-corrected chi connectivity index (χ2v) is 6.05. The van der Waals surface area contributed by atoms with Gasteiger partial charge in [0.15, 0.2) is 17.5 Å². The van der Waals surface area contributed by atoms with Gasteiger partial charge in [0.2, 0.25) is 10.0 Å². The highest BCUT2D eigenvalue weighted by Gasteiger charge is 2.25. The lowest BCUT2D eigenvalue weighted by Crippen LogP contribution is -2.37. The van der Waals surface area contributed by atoms with Crippen molar-refractivity contribution in [1.29, 1.82) is 0 Å². The molecule has 0 amide bonds. The molecular formula is C11H13F3N2O2S. The molecule has 19 heavy (non-hydrogen) atoms. The van der Waals surface area contributed by atoms with Crippen LogP contribution in [0.15, 0.2) is 17.0 Å². The lowest BCUT2D eigenvalue weighted by atomic mass is 10.2. The molecule has 0 bridgehead atoms. The van der Waals surface area contributed by atoms with E-state index >= 15 is 0 Å². The summed E-state index contributed by atoms with van der Waals surface area (Å²) in [7, 11) is -4.19. The van der Waals surface area contributed by atoms with Crippen LogP contribution < -0.4 is 10.0 Å². The minimum atomic E-state index is -4.19. The van der Waals surface area contributed by atoms with E-state index in [9.17, 15) is 21.6 Å². The standard InChI is InChI=1S/C11H13F3N2O2S/c12-8-3-4-9(11(14)10(8)13)19(17,18)16-6-7-2-1-5-15-7/h3-4,7,15-16H,1-2,5-6H2/t7-/m1/s1. The van der Waals surface area contributed by atoms with Crippen LogP contribution in [0.1, 0.15) is 12.8 Å². The third-order valence-corrected chi connectivity index (χ3v) is 4.41. The highest BCUT2D eigenvalue weighted by Crippen LogP contribution is 2.19.